The molecule has 0 saturated carbocycles. The third kappa shape index (κ3) is 4.58. The molecule has 0 amide bonds. The molecule has 0 spiro atoms. The molecule has 0 aromatic carbocycles. The van der Waals surface area contributed by atoms with E-state index in [1.54, 1.807) is 0 Å². The second-order valence-electron chi connectivity index (χ2n) is 5.39. The zero-order chi connectivity index (χ0) is 15.3. The van der Waals surface area contributed by atoms with Gasteiger partial charge in [0, 0.05) is 0 Å². The van der Waals surface area contributed by atoms with Gasteiger partial charge in [-0.3, -0.25) is 0 Å². The van der Waals surface area contributed by atoms with Crippen LogP contribution in [-0.4, -0.2) is 5.25 Å². The van der Waals surface area contributed by atoms with Crippen LogP contribution in [0.25, 0.3) is 0 Å². The van der Waals surface area contributed by atoms with Crippen molar-refractivity contribution in [1.29, 1.82) is 0 Å². The van der Waals surface area contributed by atoms with Crippen LogP contribution in [0.15, 0.2) is 58.2 Å². The van der Waals surface area contributed by atoms with Gasteiger partial charge in [0.25, 0.3) is 0 Å². The number of hydrogen-bond acceptors (Lipinski definition) is 1. The molecule has 0 N–H and O–H groups in total. The minimum absolute atomic E-state index is 0.0369. The molecule has 0 radical (unpaired) electrons. The molecule has 0 bridgehead atoms. The van der Waals surface area contributed by atoms with Crippen molar-refractivity contribution in [3.8, 4) is 0 Å². The summed E-state index contributed by atoms with van der Waals surface area (Å²) < 4.78 is 0. The monoisotopic (exact) mass is 276 g/mol. The zero-order valence-electron chi connectivity index (χ0n) is 13.5. The van der Waals surface area contributed by atoms with Crippen molar-refractivity contribution in [1.82, 2.24) is 0 Å². The molecule has 0 aliphatic carbocycles. The van der Waals surface area contributed by atoms with Gasteiger partial charge in [-0.05, 0) is 65.2 Å². The van der Waals surface area contributed by atoms with Gasteiger partial charge in [0.1, 0.15) is 0 Å². The summed E-state index contributed by atoms with van der Waals surface area (Å²) in [5, 5.41) is 0.0369. The van der Waals surface area contributed by atoms with Gasteiger partial charge >= 0.3 is 0 Å². The van der Waals surface area contributed by atoms with Crippen molar-refractivity contribution in [3.63, 3.8) is 0 Å². The molecular formula is C18H28S. The molecule has 0 fully saturated rings. The minimum atomic E-state index is 0.0369. The molecule has 0 nitrogen and oxygen atoms in total. The van der Waals surface area contributed by atoms with Crippen molar-refractivity contribution in [3.05, 3.63) is 58.2 Å². The van der Waals surface area contributed by atoms with Crippen LogP contribution >= 0.6 is 12.6 Å². The molecular weight excluding hydrogens is 248 g/mol. The second-order valence-corrected chi connectivity index (χ2v) is 5.90. The Balaban J connectivity index is 6.04. The smallest absolute Gasteiger partial charge is 0.0523 e. The van der Waals surface area contributed by atoms with E-state index >= 15 is 0 Å². The highest BCUT2D eigenvalue weighted by Gasteiger charge is 2.20. The first-order valence-corrected chi connectivity index (χ1v) is 7.18. The molecule has 0 aromatic heterocycles. The molecule has 0 aliphatic heterocycles. The summed E-state index contributed by atoms with van der Waals surface area (Å²) in [6.07, 6.45) is 2.13. The minimum Gasteiger partial charge on any atom is -0.166 e. The first-order valence-electron chi connectivity index (χ1n) is 6.66. The standard InChI is InChI=1S/C18H28S/c1-10-14(8)15(9)17(13(6)7)18(19)16(11(2)3)12(4)5/h10,18-19H,2,6H2,1,3-5,7-9H3/b14-10-,17-15+. The van der Waals surface area contributed by atoms with E-state index in [-0.39, 0.29) is 5.25 Å². The zero-order valence-corrected chi connectivity index (χ0v) is 14.4. The summed E-state index contributed by atoms with van der Waals surface area (Å²) in [7, 11) is 0. The first-order chi connectivity index (χ1) is 8.64. The summed E-state index contributed by atoms with van der Waals surface area (Å²) in [5.74, 6) is 0. The Hall–Kier alpha value is -0.950. The van der Waals surface area contributed by atoms with Crippen LogP contribution in [0, 0.1) is 0 Å². The molecule has 106 valence electrons. The highest BCUT2D eigenvalue weighted by atomic mass is 32.1. The Morgan fingerprint density at radius 2 is 1.32 bits per heavy atom. The predicted octanol–water partition coefficient (Wildman–Crippen LogP) is 6.06. The fourth-order valence-electron chi connectivity index (χ4n) is 2.27. The maximum atomic E-state index is 4.85. The molecule has 0 saturated heterocycles. The fourth-order valence-corrected chi connectivity index (χ4v) is 3.16. The Kier molecular flexibility index (Phi) is 7.21. The van der Waals surface area contributed by atoms with Crippen molar-refractivity contribution in [2.24, 2.45) is 0 Å². The van der Waals surface area contributed by atoms with Gasteiger partial charge < -0.3 is 0 Å². The Labute approximate surface area is 125 Å². The van der Waals surface area contributed by atoms with Crippen LogP contribution in [0.4, 0.5) is 0 Å². The average Bonchev–Trinajstić information content (AvgIpc) is 2.26. The Morgan fingerprint density at radius 1 is 0.895 bits per heavy atom. The van der Waals surface area contributed by atoms with Crippen molar-refractivity contribution < 1.29 is 0 Å². The molecule has 1 heteroatoms. The summed E-state index contributed by atoms with van der Waals surface area (Å²) in [6, 6.07) is 0. The van der Waals surface area contributed by atoms with E-state index in [4.69, 9.17) is 12.6 Å². The van der Waals surface area contributed by atoms with Gasteiger partial charge in [0.15, 0.2) is 0 Å². The molecule has 0 heterocycles. The lowest BCUT2D eigenvalue weighted by molar-refractivity contribution is 1.07. The third-order valence-corrected chi connectivity index (χ3v) is 3.95. The van der Waals surface area contributed by atoms with E-state index < -0.39 is 0 Å². The summed E-state index contributed by atoms with van der Waals surface area (Å²) in [4.78, 5) is 0. The molecule has 0 rings (SSSR count). The third-order valence-electron chi connectivity index (χ3n) is 3.43. The predicted molar refractivity (Wildman–Crippen MR) is 92.9 cm³/mol. The number of thiol groups is 1. The molecule has 0 aromatic rings. The largest absolute Gasteiger partial charge is 0.166 e. The van der Waals surface area contributed by atoms with Crippen LogP contribution in [-0.2, 0) is 0 Å². The quantitative estimate of drug-likeness (QED) is 0.458. The Bertz CT molecular complexity index is 466. The van der Waals surface area contributed by atoms with E-state index in [9.17, 15) is 0 Å². The normalized spacial score (nSPS) is 14.6. The summed E-state index contributed by atoms with van der Waals surface area (Å²) in [5.41, 5.74) is 8.35. The first kappa shape index (κ1) is 18.0. The second kappa shape index (κ2) is 7.59. The van der Waals surface area contributed by atoms with Gasteiger partial charge in [-0.15, -0.1) is 0 Å². The lowest BCUT2D eigenvalue weighted by Gasteiger charge is -2.24. The van der Waals surface area contributed by atoms with Crippen LogP contribution in [0.3, 0.4) is 0 Å². The van der Waals surface area contributed by atoms with Crippen LogP contribution < -0.4 is 0 Å². The molecule has 1 atom stereocenters. The van der Waals surface area contributed by atoms with E-state index in [2.05, 4.69) is 53.9 Å². The van der Waals surface area contributed by atoms with E-state index in [1.165, 1.54) is 27.9 Å². The Morgan fingerprint density at radius 3 is 1.58 bits per heavy atom. The van der Waals surface area contributed by atoms with Crippen LogP contribution in [0.2, 0.25) is 0 Å². The fraction of sp³-hybridized carbons (Fsp3) is 0.444. The average molecular weight is 276 g/mol. The van der Waals surface area contributed by atoms with Gasteiger partial charge in [0.2, 0.25) is 0 Å². The van der Waals surface area contributed by atoms with Gasteiger partial charge in [-0.2, -0.15) is 12.6 Å². The van der Waals surface area contributed by atoms with Crippen molar-refractivity contribution in [2.75, 3.05) is 0 Å². The molecule has 19 heavy (non-hydrogen) atoms. The summed E-state index contributed by atoms with van der Waals surface area (Å²) in [6.45, 7) is 22.9. The lowest BCUT2D eigenvalue weighted by atomic mass is 9.88. The highest BCUT2D eigenvalue weighted by Crippen LogP contribution is 2.33. The van der Waals surface area contributed by atoms with E-state index in [1.807, 2.05) is 13.8 Å². The van der Waals surface area contributed by atoms with E-state index in [0.29, 0.717) is 0 Å². The van der Waals surface area contributed by atoms with Gasteiger partial charge in [-0.25, -0.2) is 0 Å². The van der Waals surface area contributed by atoms with Crippen molar-refractivity contribution in [2.45, 2.75) is 53.7 Å². The van der Waals surface area contributed by atoms with Crippen LogP contribution in [0.1, 0.15) is 48.5 Å². The molecule has 0 aliphatic rings. The van der Waals surface area contributed by atoms with Crippen LogP contribution in [0.5, 0.6) is 0 Å². The number of allylic oxidation sites excluding steroid dienone is 6. The number of hydrogen-bond donors (Lipinski definition) is 1. The molecule has 1 unspecified atom stereocenters. The van der Waals surface area contributed by atoms with Gasteiger partial charge in [-0.1, -0.05) is 41.5 Å². The topological polar surface area (TPSA) is 0 Å². The SMILES string of the molecule is C=C(C)C(=C(C)C)C(S)/C(C(=C)C)=C(C)/C(C)=C\C. The van der Waals surface area contributed by atoms with E-state index in [0.717, 1.165) is 11.1 Å². The lowest BCUT2D eigenvalue weighted by Crippen LogP contribution is -2.13. The van der Waals surface area contributed by atoms with Gasteiger partial charge in [0.05, 0.1) is 5.25 Å². The highest BCUT2D eigenvalue weighted by molar-refractivity contribution is 7.81. The summed E-state index contributed by atoms with van der Waals surface area (Å²) >= 11 is 4.85. The maximum Gasteiger partial charge on any atom is 0.0523 e. The number of rotatable bonds is 5. The maximum absolute atomic E-state index is 4.85. The van der Waals surface area contributed by atoms with Crippen molar-refractivity contribution >= 4 is 12.6 Å².